The van der Waals surface area contributed by atoms with E-state index in [2.05, 4.69) is 0 Å². The van der Waals surface area contributed by atoms with Crippen LogP contribution in [0, 0.1) is 16.8 Å². The van der Waals surface area contributed by atoms with E-state index in [-0.39, 0.29) is 15.9 Å². The van der Waals surface area contributed by atoms with Gasteiger partial charge in [0.2, 0.25) is 6.20 Å². The normalized spacial score (nSPS) is 10.2. The summed E-state index contributed by atoms with van der Waals surface area (Å²) in [6, 6.07) is 6.00. The van der Waals surface area contributed by atoms with E-state index in [1.807, 2.05) is 0 Å². The third kappa shape index (κ3) is 2.28. The second-order valence-corrected chi connectivity index (χ2v) is 3.41. The molecule has 0 atom stereocenters. The van der Waals surface area contributed by atoms with Crippen molar-refractivity contribution < 1.29 is 18.3 Å². The first-order chi connectivity index (χ1) is 8.08. The van der Waals surface area contributed by atoms with Crippen LogP contribution in [0.4, 0.5) is 8.78 Å². The average Bonchev–Trinajstić information content (AvgIpc) is 2.28. The van der Waals surface area contributed by atoms with Gasteiger partial charge in [0.25, 0.3) is 0 Å². The van der Waals surface area contributed by atoms with Gasteiger partial charge in [0.1, 0.15) is 5.82 Å². The number of pyridine rings is 1. The Hall–Kier alpha value is -2.30. The molecule has 0 radical (unpaired) electrons. The third-order valence-electron chi connectivity index (χ3n) is 2.22. The molecule has 5 heteroatoms. The summed E-state index contributed by atoms with van der Waals surface area (Å²) in [7, 11) is 0. The predicted molar refractivity (Wildman–Crippen MR) is 55.2 cm³/mol. The van der Waals surface area contributed by atoms with E-state index in [0.717, 1.165) is 18.3 Å². The molecule has 0 amide bonds. The van der Waals surface area contributed by atoms with E-state index in [1.165, 1.54) is 18.2 Å². The maximum Gasteiger partial charge on any atom is 0.216 e. The lowest BCUT2D eigenvalue weighted by Gasteiger charge is -2.02. The molecular formula is C12H7F2NO2. The van der Waals surface area contributed by atoms with Gasteiger partial charge < -0.3 is 5.21 Å². The van der Waals surface area contributed by atoms with Crippen LogP contribution in [0.2, 0.25) is 0 Å². The van der Waals surface area contributed by atoms with Crippen LogP contribution in [-0.2, 0) is 0 Å². The summed E-state index contributed by atoms with van der Waals surface area (Å²) in [6.07, 6.45) is 1.65. The molecular weight excluding hydrogens is 228 g/mol. The number of aromatic nitrogens is 1. The number of nitrogens with zero attached hydrogens (tertiary/aromatic N) is 1. The Balaban J connectivity index is 2.44. The van der Waals surface area contributed by atoms with Crippen LogP contribution in [0.3, 0.4) is 0 Å². The lowest BCUT2D eigenvalue weighted by molar-refractivity contribution is -0.607. The minimum atomic E-state index is -0.934. The lowest BCUT2D eigenvalue weighted by atomic mass is 10.0. The number of hydrogen-bond acceptors (Lipinski definition) is 2. The fourth-order valence-corrected chi connectivity index (χ4v) is 1.42. The van der Waals surface area contributed by atoms with E-state index in [1.54, 1.807) is 0 Å². The highest BCUT2D eigenvalue weighted by Gasteiger charge is 2.16. The third-order valence-corrected chi connectivity index (χ3v) is 2.22. The zero-order chi connectivity index (χ0) is 12.4. The zero-order valence-electron chi connectivity index (χ0n) is 8.56. The minimum absolute atomic E-state index is 0.0348. The second-order valence-electron chi connectivity index (χ2n) is 3.41. The van der Waals surface area contributed by atoms with Crippen molar-refractivity contribution in [3.05, 3.63) is 70.7 Å². The summed E-state index contributed by atoms with van der Waals surface area (Å²) in [5.74, 6) is -2.18. The SMILES string of the molecule is O=C(c1cccc(F)c1)c1cc[n+]([O-])cc1F. The molecule has 2 aromatic rings. The first kappa shape index (κ1) is 11.2. The number of halogens is 2. The van der Waals surface area contributed by atoms with Gasteiger partial charge in [0.15, 0.2) is 17.8 Å². The lowest BCUT2D eigenvalue weighted by Crippen LogP contribution is -2.26. The number of carbonyl (C=O) groups excluding carboxylic acids is 1. The fraction of sp³-hybridized carbons (Fsp3) is 0. The summed E-state index contributed by atoms with van der Waals surface area (Å²) in [5.41, 5.74) is -0.227. The number of hydrogen-bond donors (Lipinski definition) is 0. The predicted octanol–water partition coefficient (Wildman–Crippen LogP) is 1.83. The van der Waals surface area contributed by atoms with Crippen molar-refractivity contribution in [3.63, 3.8) is 0 Å². The molecule has 1 heterocycles. The van der Waals surface area contributed by atoms with E-state index in [0.29, 0.717) is 6.20 Å². The smallest absolute Gasteiger partial charge is 0.216 e. The molecule has 0 bridgehead atoms. The van der Waals surface area contributed by atoms with Gasteiger partial charge in [-0.15, -0.1) is 0 Å². The molecule has 0 aliphatic heterocycles. The van der Waals surface area contributed by atoms with Crippen molar-refractivity contribution in [1.82, 2.24) is 0 Å². The Kier molecular flexibility index (Phi) is 2.82. The van der Waals surface area contributed by atoms with Crippen LogP contribution >= 0.6 is 0 Å². The molecule has 0 fully saturated rings. The van der Waals surface area contributed by atoms with Crippen molar-refractivity contribution in [2.24, 2.45) is 0 Å². The fourth-order valence-electron chi connectivity index (χ4n) is 1.42. The van der Waals surface area contributed by atoms with E-state index >= 15 is 0 Å². The molecule has 2 rings (SSSR count). The van der Waals surface area contributed by atoms with Crippen LogP contribution in [0.25, 0.3) is 0 Å². The van der Waals surface area contributed by atoms with Gasteiger partial charge in [-0.1, -0.05) is 12.1 Å². The van der Waals surface area contributed by atoms with Gasteiger partial charge in [-0.2, -0.15) is 9.12 Å². The van der Waals surface area contributed by atoms with Crippen LogP contribution in [0.1, 0.15) is 15.9 Å². The van der Waals surface area contributed by atoms with Crippen LogP contribution in [-0.4, -0.2) is 5.78 Å². The highest BCUT2D eigenvalue weighted by atomic mass is 19.1. The number of rotatable bonds is 2. The van der Waals surface area contributed by atoms with Crippen LogP contribution in [0.15, 0.2) is 42.7 Å². The summed E-state index contributed by atoms with van der Waals surface area (Å²) >= 11 is 0. The van der Waals surface area contributed by atoms with Gasteiger partial charge in [0.05, 0.1) is 5.56 Å². The molecule has 0 saturated heterocycles. The molecule has 0 unspecified atom stereocenters. The summed E-state index contributed by atoms with van der Waals surface area (Å²) < 4.78 is 26.5. The minimum Gasteiger partial charge on any atom is -0.619 e. The van der Waals surface area contributed by atoms with E-state index in [9.17, 15) is 18.8 Å². The molecule has 1 aromatic carbocycles. The zero-order valence-corrected chi connectivity index (χ0v) is 8.56. The highest BCUT2D eigenvalue weighted by Crippen LogP contribution is 2.12. The van der Waals surface area contributed by atoms with Crippen molar-refractivity contribution >= 4 is 5.78 Å². The van der Waals surface area contributed by atoms with Gasteiger partial charge in [0, 0.05) is 11.6 Å². The monoisotopic (exact) mass is 235 g/mol. The average molecular weight is 235 g/mol. The highest BCUT2D eigenvalue weighted by molar-refractivity contribution is 6.08. The van der Waals surface area contributed by atoms with Gasteiger partial charge in [-0.25, -0.2) is 4.39 Å². The summed E-state index contributed by atoms with van der Waals surface area (Å²) in [6.45, 7) is 0. The molecule has 3 nitrogen and oxygen atoms in total. The molecule has 1 aromatic heterocycles. The molecule has 86 valence electrons. The van der Waals surface area contributed by atoms with Gasteiger partial charge in [-0.05, 0) is 12.1 Å². The Morgan fingerprint density at radius 1 is 1.24 bits per heavy atom. The number of ketones is 1. The first-order valence-electron chi connectivity index (χ1n) is 4.76. The first-order valence-corrected chi connectivity index (χ1v) is 4.76. The van der Waals surface area contributed by atoms with E-state index < -0.39 is 17.4 Å². The number of benzene rings is 1. The maximum atomic E-state index is 13.4. The Labute approximate surface area is 95.5 Å². The number of carbonyl (C=O) groups is 1. The van der Waals surface area contributed by atoms with Crippen molar-refractivity contribution in [3.8, 4) is 0 Å². The maximum absolute atomic E-state index is 13.4. The molecule has 0 aliphatic rings. The van der Waals surface area contributed by atoms with E-state index in [4.69, 9.17) is 0 Å². The van der Waals surface area contributed by atoms with Crippen LogP contribution < -0.4 is 4.73 Å². The molecule has 0 saturated carbocycles. The Bertz CT molecular complexity index is 584. The van der Waals surface area contributed by atoms with Crippen molar-refractivity contribution in [2.75, 3.05) is 0 Å². The Morgan fingerprint density at radius 3 is 2.65 bits per heavy atom. The van der Waals surface area contributed by atoms with Gasteiger partial charge >= 0.3 is 0 Å². The van der Waals surface area contributed by atoms with Crippen molar-refractivity contribution in [2.45, 2.75) is 0 Å². The largest absolute Gasteiger partial charge is 0.619 e. The standard InChI is InChI=1S/C12H7F2NO2/c13-9-3-1-2-8(6-9)12(16)10-4-5-15(17)7-11(10)14/h1-7H. The second kappa shape index (κ2) is 4.29. The Morgan fingerprint density at radius 2 is 2.00 bits per heavy atom. The molecule has 0 N–H and O–H groups in total. The quantitative estimate of drug-likeness (QED) is 0.453. The topological polar surface area (TPSA) is 44.0 Å². The van der Waals surface area contributed by atoms with Crippen molar-refractivity contribution in [1.29, 1.82) is 0 Å². The molecule has 17 heavy (non-hydrogen) atoms. The molecule has 0 aliphatic carbocycles. The summed E-state index contributed by atoms with van der Waals surface area (Å²) in [5, 5.41) is 10.8. The molecule has 0 spiro atoms. The van der Waals surface area contributed by atoms with Crippen LogP contribution in [0.5, 0.6) is 0 Å². The summed E-state index contributed by atoms with van der Waals surface area (Å²) in [4.78, 5) is 11.8. The van der Waals surface area contributed by atoms with Gasteiger partial charge in [-0.3, -0.25) is 4.79 Å².